The maximum absolute atomic E-state index is 9.29. The van der Waals surface area contributed by atoms with E-state index < -0.39 is 5.79 Å². The Morgan fingerprint density at radius 1 is 0.971 bits per heavy atom. The maximum atomic E-state index is 9.29. The summed E-state index contributed by atoms with van der Waals surface area (Å²) in [6, 6.07) is 16.4. The molecule has 34 heavy (non-hydrogen) atoms. The van der Waals surface area contributed by atoms with E-state index in [9.17, 15) is 5.26 Å². The van der Waals surface area contributed by atoms with Gasteiger partial charge < -0.3 is 18.9 Å². The number of nitrogens with zero attached hydrogens (tertiary/aromatic N) is 1. The molecule has 178 valence electrons. The van der Waals surface area contributed by atoms with Crippen LogP contribution < -0.4 is 9.47 Å². The minimum atomic E-state index is -0.437. The van der Waals surface area contributed by atoms with Gasteiger partial charge in [0.2, 0.25) is 0 Å². The minimum Gasteiger partial charge on any atom is -0.493 e. The summed E-state index contributed by atoms with van der Waals surface area (Å²) in [6.07, 6.45) is 12.9. The van der Waals surface area contributed by atoms with E-state index in [0.29, 0.717) is 18.8 Å². The molecule has 1 aliphatic heterocycles. The van der Waals surface area contributed by atoms with E-state index in [-0.39, 0.29) is 11.5 Å². The van der Waals surface area contributed by atoms with Gasteiger partial charge in [0, 0.05) is 18.3 Å². The third-order valence-corrected chi connectivity index (χ3v) is 7.66. The molecule has 5 nitrogen and oxygen atoms in total. The van der Waals surface area contributed by atoms with Crippen LogP contribution in [0.2, 0.25) is 0 Å². The zero-order chi connectivity index (χ0) is 23.4. The number of hydrogen-bond acceptors (Lipinski definition) is 5. The Kier molecular flexibility index (Phi) is 6.63. The van der Waals surface area contributed by atoms with Crippen molar-refractivity contribution in [3.05, 3.63) is 65.2 Å². The number of hydrogen-bond donors (Lipinski definition) is 0. The molecule has 0 atom stereocenters. The van der Waals surface area contributed by atoms with Gasteiger partial charge in [-0.25, -0.2) is 0 Å². The SMILES string of the molecule is COc1ccc(C2(C=Cc3cccc(C#N)c3)CCC3(CC2)OCCO3)cc1OC1CCCC1. The van der Waals surface area contributed by atoms with Gasteiger partial charge in [0.05, 0.1) is 38.1 Å². The Hall–Kier alpha value is -2.81. The second-order valence-electron chi connectivity index (χ2n) is 9.72. The molecule has 0 amide bonds. The van der Waals surface area contributed by atoms with E-state index in [2.05, 4.69) is 30.4 Å². The minimum absolute atomic E-state index is 0.177. The summed E-state index contributed by atoms with van der Waals surface area (Å²) < 4.78 is 24.1. The first kappa shape index (κ1) is 23.0. The van der Waals surface area contributed by atoms with Gasteiger partial charge in [-0.05, 0) is 73.9 Å². The number of allylic oxidation sites excluding steroid dienone is 1. The van der Waals surface area contributed by atoms with Gasteiger partial charge in [-0.2, -0.15) is 5.26 Å². The number of rotatable bonds is 6. The van der Waals surface area contributed by atoms with Gasteiger partial charge in [0.25, 0.3) is 0 Å². The molecule has 0 bridgehead atoms. The number of nitriles is 1. The van der Waals surface area contributed by atoms with Gasteiger partial charge in [-0.15, -0.1) is 0 Å². The van der Waals surface area contributed by atoms with E-state index >= 15 is 0 Å². The third kappa shape index (κ3) is 4.71. The van der Waals surface area contributed by atoms with Crippen molar-refractivity contribution >= 4 is 6.08 Å². The highest BCUT2D eigenvalue weighted by atomic mass is 16.7. The molecule has 2 saturated carbocycles. The second kappa shape index (κ2) is 9.82. The summed E-state index contributed by atoms with van der Waals surface area (Å²) in [5.74, 6) is 1.18. The standard InChI is InChI=1S/C29H33NO4/c1-31-26-10-9-24(20-27(26)34-25-7-2-3-8-25)28(12-11-22-5-4-6-23(19-22)21-30)13-15-29(16-14-28)32-17-18-33-29/h4-6,9-12,19-20,25H,2-3,7-8,13-18H2,1H3. The maximum Gasteiger partial charge on any atom is 0.168 e. The molecule has 3 fully saturated rings. The summed E-state index contributed by atoms with van der Waals surface area (Å²) in [5, 5.41) is 9.29. The molecule has 1 heterocycles. The van der Waals surface area contributed by atoms with Gasteiger partial charge >= 0.3 is 0 Å². The van der Waals surface area contributed by atoms with Crippen molar-refractivity contribution in [3.63, 3.8) is 0 Å². The lowest BCUT2D eigenvalue weighted by Crippen LogP contribution is -2.41. The lowest BCUT2D eigenvalue weighted by Gasteiger charge is -2.42. The fourth-order valence-electron chi connectivity index (χ4n) is 5.65. The number of benzene rings is 2. The van der Waals surface area contributed by atoms with Crippen molar-refractivity contribution in [2.75, 3.05) is 20.3 Å². The van der Waals surface area contributed by atoms with E-state index in [1.807, 2.05) is 30.3 Å². The van der Waals surface area contributed by atoms with Crippen LogP contribution in [-0.4, -0.2) is 32.2 Å². The lowest BCUT2D eigenvalue weighted by atomic mass is 9.67. The molecular weight excluding hydrogens is 426 g/mol. The van der Waals surface area contributed by atoms with Crippen LogP contribution in [0.5, 0.6) is 11.5 Å². The van der Waals surface area contributed by atoms with Gasteiger partial charge in [-0.3, -0.25) is 0 Å². The summed E-state index contributed by atoms with van der Waals surface area (Å²) in [4.78, 5) is 0. The molecule has 5 rings (SSSR count). The molecule has 2 aromatic carbocycles. The van der Waals surface area contributed by atoms with Crippen LogP contribution in [0, 0.1) is 11.3 Å². The summed E-state index contributed by atoms with van der Waals surface area (Å²) in [5.41, 5.74) is 2.75. The average Bonchev–Trinajstić information content (AvgIpc) is 3.57. The normalized spacial score (nSPS) is 21.6. The van der Waals surface area contributed by atoms with Crippen molar-refractivity contribution < 1.29 is 18.9 Å². The number of methoxy groups -OCH3 is 1. The molecule has 5 heteroatoms. The molecule has 0 N–H and O–H groups in total. The van der Waals surface area contributed by atoms with E-state index in [1.165, 1.54) is 18.4 Å². The van der Waals surface area contributed by atoms with Crippen LogP contribution in [0.25, 0.3) is 6.08 Å². The van der Waals surface area contributed by atoms with Crippen LogP contribution in [0.3, 0.4) is 0 Å². The highest BCUT2D eigenvalue weighted by molar-refractivity contribution is 5.56. The van der Waals surface area contributed by atoms with Gasteiger partial charge in [0.1, 0.15) is 0 Å². The lowest BCUT2D eigenvalue weighted by molar-refractivity contribution is -0.182. The first-order valence-corrected chi connectivity index (χ1v) is 12.5. The van der Waals surface area contributed by atoms with Crippen LogP contribution in [0.1, 0.15) is 68.1 Å². The quantitative estimate of drug-likeness (QED) is 0.518. The van der Waals surface area contributed by atoms with Crippen molar-refractivity contribution in [2.45, 2.75) is 68.7 Å². The summed E-state index contributed by atoms with van der Waals surface area (Å²) >= 11 is 0. The first-order valence-electron chi connectivity index (χ1n) is 12.5. The largest absolute Gasteiger partial charge is 0.493 e. The Labute approximate surface area is 202 Å². The van der Waals surface area contributed by atoms with Gasteiger partial charge in [-0.1, -0.05) is 30.4 Å². The third-order valence-electron chi connectivity index (χ3n) is 7.66. The molecule has 2 aromatic rings. The molecule has 0 aromatic heterocycles. The molecule has 0 radical (unpaired) electrons. The second-order valence-corrected chi connectivity index (χ2v) is 9.72. The highest BCUT2D eigenvalue weighted by Gasteiger charge is 2.46. The Morgan fingerprint density at radius 2 is 1.74 bits per heavy atom. The van der Waals surface area contributed by atoms with E-state index in [1.54, 1.807) is 7.11 Å². The molecular formula is C29H33NO4. The summed E-state index contributed by atoms with van der Waals surface area (Å²) in [7, 11) is 1.70. The molecule has 1 saturated heterocycles. The Bertz CT molecular complexity index is 1060. The Balaban J connectivity index is 1.49. The zero-order valence-corrected chi connectivity index (χ0v) is 19.9. The zero-order valence-electron chi connectivity index (χ0n) is 19.9. The first-order chi connectivity index (χ1) is 16.6. The highest BCUT2D eigenvalue weighted by Crippen LogP contribution is 2.49. The van der Waals surface area contributed by atoms with Crippen LogP contribution in [-0.2, 0) is 14.9 Å². The van der Waals surface area contributed by atoms with Crippen LogP contribution >= 0.6 is 0 Å². The van der Waals surface area contributed by atoms with Crippen LogP contribution in [0.15, 0.2) is 48.5 Å². The number of ether oxygens (including phenoxy) is 4. The topological polar surface area (TPSA) is 60.7 Å². The average molecular weight is 460 g/mol. The molecule has 0 unspecified atom stereocenters. The predicted octanol–water partition coefficient (Wildman–Crippen LogP) is 6.16. The van der Waals surface area contributed by atoms with Crippen molar-refractivity contribution in [1.82, 2.24) is 0 Å². The molecule has 3 aliphatic rings. The van der Waals surface area contributed by atoms with Crippen molar-refractivity contribution in [2.24, 2.45) is 0 Å². The van der Waals surface area contributed by atoms with Crippen molar-refractivity contribution in [1.29, 1.82) is 5.26 Å². The fourth-order valence-corrected chi connectivity index (χ4v) is 5.65. The van der Waals surface area contributed by atoms with E-state index in [0.717, 1.165) is 55.6 Å². The molecule has 1 spiro atoms. The Morgan fingerprint density at radius 3 is 2.44 bits per heavy atom. The fraction of sp³-hybridized carbons (Fsp3) is 0.483. The van der Waals surface area contributed by atoms with E-state index in [4.69, 9.17) is 18.9 Å². The van der Waals surface area contributed by atoms with Crippen LogP contribution in [0.4, 0.5) is 0 Å². The van der Waals surface area contributed by atoms with Crippen molar-refractivity contribution in [3.8, 4) is 17.6 Å². The predicted molar refractivity (Wildman–Crippen MR) is 131 cm³/mol. The van der Waals surface area contributed by atoms with Gasteiger partial charge in [0.15, 0.2) is 17.3 Å². The monoisotopic (exact) mass is 459 g/mol. The smallest absolute Gasteiger partial charge is 0.168 e. The summed E-state index contributed by atoms with van der Waals surface area (Å²) in [6.45, 7) is 1.34. The molecule has 2 aliphatic carbocycles.